The van der Waals surface area contributed by atoms with Crippen LogP contribution in [0.15, 0.2) is 30.3 Å². The summed E-state index contributed by atoms with van der Waals surface area (Å²) >= 11 is 7.69. The van der Waals surface area contributed by atoms with E-state index in [1.54, 1.807) is 0 Å². The molecule has 1 aromatic rings. The van der Waals surface area contributed by atoms with E-state index in [1.165, 1.54) is 5.56 Å². The van der Waals surface area contributed by atoms with Crippen molar-refractivity contribution in [2.75, 3.05) is 23.9 Å². The van der Waals surface area contributed by atoms with Crippen LogP contribution in [-0.4, -0.2) is 34.7 Å². The molecule has 0 radical (unpaired) electrons. The van der Waals surface area contributed by atoms with Gasteiger partial charge in [-0.1, -0.05) is 30.3 Å². The number of thioether (sulfide) groups is 1. The molecular formula is C14H18ClNOS. The number of rotatable bonds is 5. The highest BCUT2D eigenvalue weighted by molar-refractivity contribution is 7.99. The summed E-state index contributed by atoms with van der Waals surface area (Å²) in [5, 5.41) is 0. The fourth-order valence-electron chi connectivity index (χ4n) is 2.16. The van der Waals surface area contributed by atoms with E-state index in [0.717, 1.165) is 17.9 Å². The predicted octanol–water partition coefficient (Wildman–Crippen LogP) is 3.01. The van der Waals surface area contributed by atoms with Gasteiger partial charge in [0.05, 0.1) is 0 Å². The van der Waals surface area contributed by atoms with E-state index in [2.05, 4.69) is 12.1 Å². The zero-order valence-corrected chi connectivity index (χ0v) is 11.9. The maximum Gasteiger partial charge on any atom is 0.226 e. The summed E-state index contributed by atoms with van der Waals surface area (Å²) in [6, 6.07) is 10.1. The Hall–Kier alpha value is -0.670. The number of nitrogens with zero attached hydrogens (tertiary/aromatic N) is 1. The van der Waals surface area contributed by atoms with E-state index in [1.807, 2.05) is 34.9 Å². The van der Waals surface area contributed by atoms with Gasteiger partial charge in [-0.25, -0.2) is 0 Å². The molecule has 2 nitrogen and oxygen atoms in total. The molecule has 4 heteroatoms. The molecule has 1 saturated heterocycles. The van der Waals surface area contributed by atoms with Crippen molar-refractivity contribution in [3.63, 3.8) is 0 Å². The second-order valence-corrected chi connectivity index (χ2v) is 6.02. The van der Waals surface area contributed by atoms with Crippen molar-refractivity contribution < 1.29 is 4.79 Å². The molecule has 1 aromatic carbocycles. The molecule has 0 bridgehead atoms. The summed E-state index contributed by atoms with van der Waals surface area (Å²) in [7, 11) is 0. The van der Waals surface area contributed by atoms with Crippen LogP contribution in [0.1, 0.15) is 12.0 Å². The van der Waals surface area contributed by atoms with Crippen molar-refractivity contribution >= 4 is 29.3 Å². The third-order valence-electron chi connectivity index (χ3n) is 3.16. The molecule has 0 aromatic heterocycles. The highest BCUT2D eigenvalue weighted by Gasteiger charge is 2.27. The van der Waals surface area contributed by atoms with Crippen LogP contribution < -0.4 is 0 Å². The van der Waals surface area contributed by atoms with Gasteiger partial charge in [-0.3, -0.25) is 4.79 Å². The van der Waals surface area contributed by atoms with E-state index >= 15 is 0 Å². The van der Waals surface area contributed by atoms with E-state index in [-0.39, 0.29) is 11.8 Å². The van der Waals surface area contributed by atoms with Crippen molar-refractivity contribution in [1.29, 1.82) is 0 Å². The Morgan fingerprint density at radius 2 is 2.17 bits per heavy atom. The van der Waals surface area contributed by atoms with Crippen molar-refractivity contribution in [3.05, 3.63) is 35.9 Å². The van der Waals surface area contributed by atoms with E-state index < -0.39 is 0 Å². The molecule has 2 rings (SSSR count). The second kappa shape index (κ2) is 7.05. The number of amides is 1. The lowest BCUT2D eigenvalue weighted by atomic mass is 10.1. The van der Waals surface area contributed by atoms with Gasteiger partial charge in [-0.05, 0) is 17.7 Å². The fourth-order valence-corrected chi connectivity index (χ4v) is 3.58. The highest BCUT2D eigenvalue weighted by Crippen LogP contribution is 2.25. The lowest BCUT2D eigenvalue weighted by Crippen LogP contribution is -2.37. The summed E-state index contributed by atoms with van der Waals surface area (Å²) in [5.74, 6) is 3.04. The van der Waals surface area contributed by atoms with Crippen LogP contribution in [0.4, 0.5) is 0 Å². The standard InChI is InChI=1S/C14H18ClNOS/c15-7-8-16(10-12-4-2-1-3-5-12)14(17)13-6-9-18-11-13/h1-5,13H,6-11H2. The number of carbonyl (C=O) groups excluding carboxylic acids is 1. The van der Waals surface area contributed by atoms with Gasteiger partial charge < -0.3 is 4.90 Å². The molecule has 1 aliphatic heterocycles. The van der Waals surface area contributed by atoms with Crippen LogP contribution >= 0.6 is 23.4 Å². The predicted molar refractivity (Wildman–Crippen MR) is 78.0 cm³/mol. The quantitative estimate of drug-likeness (QED) is 0.774. The Kier molecular flexibility index (Phi) is 5.39. The topological polar surface area (TPSA) is 20.3 Å². The summed E-state index contributed by atoms with van der Waals surface area (Å²) in [4.78, 5) is 14.3. The van der Waals surface area contributed by atoms with Gasteiger partial charge in [0.2, 0.25) is 5.91 Å². The molecule has 1 amide bonds. The highest BCUT2D eigenvalue weighted by atomic mass is 35.5. The first-order valence-corrected chi connectivity index (χ1v) is 7.96. The molecule has 0 aliphatic carbocycles. The zero-order valence-electron chi connectivity index (χ0n) is 10.3. The van der Waals surface area contributed by atoms with E-state index in [0.29, 0.717) is 19.0 Å². The van der Waals surface area contributed by atoms with Crippen molar-refractivity contribution in [2.45, 2.75) is 13.0 Å². The van der Waals surface area contributed by atoms with Crippen LogP contribution in [0, 0.1) is 5.92 Å². The molecule has 0 spiro atoms. The maximum atomic E-state index is 12.4. The van der Waals surface area contributed by atoms with E-state index in [9.17, 15) is 4.79 Å². The zero-order chi connectivity index (χ0) is 12.8. The van der Waals surface area contributed by atoms with Gasteiger partial charge in [-0.15, -0.1) is 11.6 Å². The smallest absolute Gasteiger partial charge is 0.226 e. The van der Waals surface area contributed by atoms with Gasteiger partial charge >= 0.3 is 0 Å². The van der Waals surface area contributed by atoms with Crippen molar-refractivity contribution in [2.24, 2.45) is 5.92 Å². The van der Waals surface area contributed by atoms with Gasteiger partial charge in [0, 0.05) is 30.6 Å². The minimum absolute atomic E-state index is 0.196. The van der Waals surface area contributed by atoms with Gasteiger partial charge in [0.15, 0.2) is 0 Å². The first-order valence-electron chi connectivity index (χ1n) is 6.27. The third kappa shape index (κ3) is 3.66. The molecule has 1 unspecified atom stereocenters. The van der Waals surface area contributed by atoms with Gasteiger partial charge in [0.25, 0.3) is 0 Å². The molecule has 0 N–H and O–H groups in total. The molecule has 0 saturated carbocycles. The largest absolute Gasteiger partial charge is 0.337 e. The van der Waals surface area contributed by atoms with Crippen LogP contribution in [0.3, 0.4) is 0 Å². The van der Waals surface area contributed by atoms with Crippen LogP contribution in [0.2, 0.25) is 0 Å². The number of benzene rings is 1. The summed E-state index contributed by atoms with van der Waals surface area (Å²) < 4.78 is 0. The molecule has 98 valence electrons. The van der Waals surface area contributed by atoms with Crippen LogP contribution in [0.5, 0.6) is 0 Å². The third-order valence-corrected chi connectivity index (χ3v) is 4.49. The van der Waals surface area contributed by atoms with Gasteiger partial charge in [-0.2, -0.15) is 11.8 Å². The Bertz CT molecular complexity index is 379. The maximum absolute atomic E-state index is 12.4. The molecule has 1 fully saturated rings. The molecule has 1 heterocycles. The molecule has 1 aliphatic rings. The Balaban J connectivity index is 2.00. The fraction of sp³-hybridized carbons (Fsp3) is 0.500. The summed E-state index contributed by atoms with van der Waals surface area (Å²) in [6.07, 6.45) is 1.01. The van der Waals surface area contributed by atoms with Crippen molar-refractivity contribution in [3.8, 4) is 0 Å². The minimum Gasteiger partial charge on any atom is -0.337 e. The van der Waals surface area contributed by atoms with E-state index in [4.69, 9.17) is 11.6 Å². The van der Waals surface area contributed by atoms with Crippen molar-refractivity contribution in [1.82, 2.24) is 4.90 Å². The van der Waals surface area contributed by atoms with Gasteiger partial charge in [0.1, 0.15) is 0 Å². The number of hydrogen-bond donors (Lipinski definition) is 0. The Morgan fingerprint density at radius 3 is 2.78 bits per heavy atom. The average molecular weight is 284 g/mol. The average Bonchev–Trinajstić information content (AvgIpc) is 2.92. The monoisotopic (exact) mass is 283 g/mol. The number of hydrogen-bond acceptors (Lipinski definition) is 2. The Morgan fingerprint density at radius 1 is 1.39 bits per heavy atom. The van der Waals surface area contributed by atoms with Crippen LogP contribution in [0.25, 0.3) is 0 Å². The molecule has 1 atom stereocenters. The number of carbonyl (C=O) groups is 1. The SMILES string of the molecule is O=C(C1CCSC1)N(CCCl)Cc1ccccc1. The second-order valence-electron chi connectivity index (χ2n) is 4.49. The minimum atomic E-state index is 0.196. The number of halogens is 1. The van der Waals surface area contributed by atoms with Crippen LogP contribution in [-0.2, 0) is 11.3 Å². The lowest BCUT2D eigenvalue weighted by Gasteiger charge is -2.24. The normalized spacial score (nSPS) is 18.8. The lowest BCUT2D eigenvalue weighted by molar-refractivity contribution is -0.135. The Labute approximate surface area is 118 Å². The summed E-state index contributed by atoms with van der Waals surface area (Å²) in [5.41, 5.74) is 1.17. The number of alkyl halides is 1. The first kappa shape index (κ1) is 13.8. The summed E-state index contributed by atoms with van der Waals surface area (Å²) in [6.45, 7) is 1.31. The molecular weight excluding hydrogens is 266 g/mol. The molecule has 18 heavy (non-hydrogen) atoms. The first-order chi connectivity index (χ1) is 8.81.